The summed E-state index contributed by atoms with van der Waals surface area (Å²) in [5, 5.41) is 44.0. The first-order chi connectivity index (χ1) is 15.3. The number of hydrogen-bond donors (Lipinski definition) is 4. The molecule has 0 heterocycles. The van der Waals surface area contributed by atoms with Gasteiger partial charge in [-0.05, 0) is 85.7 Å². The molecule has 186 valence electrons. The highest BCUT2D eigenvalue weighted by Gasteiger charge is 2.67. The van der Waals surface area contributed by atoms with Crippen LogP contribution in [0.4, 0.5) is 0 Å². The third kappa shape index (κ3) is 3.61. The van der Waals surface area contributed by atoms with E-state index in [0.717, 1.165) is 30.4 Å². The summed E-state index contributed by atoms with van der Waals surface area (Å²) < 4.78 is 0. The van der Waals surface area contributed by atoms with E-state index in [9.17, 15) is 25.2 Å². The standard InChI is InChI=1S/C28H44O5/c1-15(2)16(3)11-22(29)17(4)18-8-10-28(33)20-12-23(30)21-13-24(31)25(32)14-26(21,5)19(20)7-9-27(18,28)6/h12,15,17-19,21-22,24-25,29,31-33H,3,7-11,13-14H2,1-2,4-6H3/t17-,18?,19-,21-,22+,24+,25-,26+,27+,28+/m0/s1. The van der Waals surface area contributed by atoms with Gasteiger partial charge >= 0.3 is 0 Å². The second-order valence-electron chi connectivity index (χ2n) is 12.6. The van der Waals surface area contributed by atoms with E-state index in [2.05, 4.69) is 41.2 Å². The summed E-state index contributed by atoms with van der Waals surface area (Å²) >= 11 is 0. The molecule has 0 spiro atoms. The van der Waals surface area contributed by atoms with Crippen LogP contribution in [0, 0.1) is 40.4 Å². The van der Waals surface area contributed by atoms with Gasteiger partial charge in [-0.3, -0.25) is 4.79 Å². The van der Waals surface area contributed by atoms with Gasteiger partial charge in [0.1, 0.15) is 0 Å². The molecule has 0 aromatic carbocycles. The van der Waals surface area contributed by atoms with Gasteiger partial charge in [-0.25, -0.2) is 0 Å². The zero-order chi connectivity index (χ0) is 24.5. The van der Waals surface area contributed by atoms with E-state index in [4.69, 9.17) is 0 Å². The number of carbonyl (C=O) groups is 1. The number of allylic oxidation sites excluding steroid dienone is 1. The molecule has 0 aliphatic heterocycles. The Morgan fingerprint density at radius 3 is 2.42 bits per heavy atom. The molecule has 5 nitrogen and oxygen atoms in total. The highest BCUT2D eigenvalue weighted by molar-refractivity contribution is 5.95. The van der Waals surface area contributed by atoms with Crippen LogP contribution in [0.1, 0.15) is 79.6 Å². The predicted octanol–water partition coefficient (Wildman–Crippen LogP) is 3.79. The smallest absolute Gasteiger partial charge is 0.159 e. The van der Waals surface area contributed by atoms with Gasteiger partial charge in [0.2, 0.25) is 0 Å². The molecular formula is C28H44O5. The zero-order valence-electron chi connectivity index (χ0n) is 21.1. The van der Waals surface area contributed by atoms with Crippen LogP contribution >= 0.6 is 0 Å². The lowest BCUT2D eigenvalue weighted by Gasteiger charge is -2.60. The molecule has 4 rings (SSSR count). The van der Waals surface area contributed by atoms with Crippen molar-refractivity contribution in [3.8, 4) is 0 Å². The number of fused-ring (bicyclic) bond motifs is 5. The minimum Gasteiger partial charge on any atom is -0.393 e. The summed E-state index contributed by atoms with van der Waals surface area (Å²) in [6.45, 7) is 14.7. The zero-order valence-corrected chi connectivity index (χ0v) is 21.1. The Bertz CT molecular complexity index is 847. The van der Waals surface area contributed by atoms with Crippen LogP contribution in [0.5, 0.6) is 0 Å². The first kappa shape index (κ1) is 25.1. The molecule has 0 saturated heterocycles. The molecule has 10 atom stereocenters. The van der Waals surface area contributed by atoms with Crippen molar-refractivity contribution in [3.63, 3.8) is 0 Å². The molecule has 33 heavy (non-hydrogen) atoms. The number of aliphatic hydroxyl groups excluding tert-OH is 3. The van der Waals surface area contributed by atoms with Crippen LogP contribution in [0.3, 0.4) is 0 Å². The maximum absolute atomic E-state index is 13.3. The Hall–Kier alpha value is -1.01. The molecule has 4 aliphatic carbocycles. The van der Waals surface area contributed by atoms with Crippen molar-refractivity contribution in [2.24, 2.45) is 40.4 Å². The largest absolute Gasteiger partial charge is 0.393 e. The number of ketones is 1. The Labute approximate surface area is 199 Å². The summed E-state index contributed by atoms with van der Waals surface area (Å²) in [4.78, 5) is 13.3. The minimum atomic E-state index is -1.08. The Morgan fingerprint density at radius 1 is 1.12 bits per heavy atom. The highest BCUT2D eigenvalue weighted by Crippen LogP contribution is 2.68. The third-order valence-corrected chi connectivity index (χ3v) is 10.7. The lowest BCUT2D eigenvalue weighted by molar-refractivity contribution is -0.154. The minimum absolute atomic E-state index is 0.0165. The lowest BCUT2D eigenvalue weighted by atomic mass is 9.46. The van der Waals surface area contributed by atoms with Crippen molar-refractivity contribution in [1.82, 2.24) is 0 Å². The van der Waals surface area contributed by atoms with E-state index in [1.165, 1.54) is 0 Å². The van der Waals surface area contributed by atoms with E-state index in [-0.39, 0.29) is 35.9 Å². The van der Waals surface area contributed by atoms with Gasteiger partial charge in [-0.15, -0.1) is 0 Å². The molecule has 5 heteroatoms. The van der Waals surface area contributed by atoms with Crippen molar-refractivity contribution >= 4 is 5.78 Å². The van der Waals surface area contributed by atoms with Crippen LogP contribution in [0.25, 0.3) is 0 Å². The summed E-state index contributed by atoms with van der Waals surface area (Å²) in [7, 11) is 0. The van der Waals surface area contributed by atoms with Crippen LogP contribution in [-0.2, 0) is 4.79 Å². The molecule has 0 aromatic heterocycles. The van der Waals surface area contributed by atoms with E-state index in [0.29, 0.717) is 25.2 Å². The first-order valence-corrected chi connectivity index (χ1v) is 13.0. The van der Waals surface area contributed by atoms with Crippen molar-refractivity contribution in [2.75, 3.05) is 0 Å². The maximum atomic E-state index is 13.3. The van der Waals surface area contributed by atoms with Gasteiger partial charge in [0.05, 0.1) is 23.9 Å². The molecule has 0 radical (unpaired) electrons. The van der Waals surface area contributed by atoms with Gasteiger partial charge in [-0.2, -0.15) is 0 Å². The number of rotatable bonds is 5. The molecule has 4 N–H and O–H groups in total. The first-order valence-electron chi connectivity index (χ1n) is 13.0. The molecule has 0 aromatic rings. The second kappa shape index (κ2) is 8.29. The number of carbonyl (C=O) groups excluding carboxylic acids is 1. The molecular weight excluding hydrogens is 416 g/mol. The van der Waals surface area contributed by atoms with E-state index in [1.807, 2.05) is 0 Å². The molecule has 4 aliphatic rings. The fourth-order valence-electron chi connectivity index (χ4n) is 8.21. The summed E-state index contributed by atoms with van der Waals surface area (Å²) in [5.74, 6) is 0.203. The summed E-state index contributed by atoms with van der Waals surface area (Å²) in [6, 6.07) is 0. The number of aliphatic hydroxyl groups is 4. The highest BCUT2D eigenvalue weighted by atomic mass is 16.3. The average Bonchev–Trinajstić information content (AvgIpc) is 3.01. The Balaban J connectivity index is 1.64. The monoisotopic (exact) mass is 460 g/mol. The van der Waals surface area contributed by atoms with E-state index >= 15 is 0 Å². The van der Waals surface area contributed by atoms with Crippen LogP contribution in [-0.4, -0.2) is 50.1 Å². The van der Waals surface area contributed by atoms with Crippen molar-refractivity contribution in [2.45, 2.75) is 103 Å². The van der Waals surface area contributed by atoms with Crippen LogP contribution in [0.2, 0.25) is 0 Å². The van der Waals surface area contributed by atoms with Crippen molar-refractivity contribution in [1.29, 1.82) is 0 Å². The van der Waals surface area contributed by atoms with E-state index < -0.39 is 34.7 Å². The van der Waals surface area contributed by atoms with Crippen molar-refractivity contribution < 1.29 is 25.2 Å². The Kier molecular flexibility index (Phi) is 6.30. The number of hydrogen-bond acceptors (Lipinski definition) is 5. The lowest BCUT2D eigenvalue weighted by Crippen LogP contribution is -2.61. The van der Waals surface area contributed by atoms with Gasteiger partial charge in [0, 0.05) is 11.3 Å². The summed E-state index contributed by atoms with van der Waals surface area (Å²) in [6.07, 6.45) is 3.85. The van der Waals surface area contributed by atoms with Gasteiger partial charge < -0.3 is 20.4 Å². The molecule has 1 unspecified atom stereocenters. The third-order valence-electron chi connectivity index (χ3n) is 10.7. The maximum Gasteiger partial charge on any atom is 0.159 e. The SMILES string of the molecule is C=C(C[C@@H](O)[C@@H](C)C1CC[C@@]2(O)C3=CC(=O)[C@@H]4C[C@@H](O)[C@@H](O)C[C@]4(C)[C@H]3CC[C@]12C)C(C)C. The average molecular weight is 461 g/mol. The predicted molar refractivity (Wildman–Crippen MR) is 128 cm³/mol. The van der Waals surface area contributed by atoms with Gasteiger partial charge in [0.15, 0.2) is 5.78 Å². The summed E-state index contributed by atoms with van der Waals surface area (Å²) in [5.41, 5.74) is -0.0393. The van der Waals surface area contributed by atoms with Gasteiger partial charge in [0.25, 0.3) is 0 Å². The molecule has 3 fully saturated rings. The molecule has 3 saturated carbocycles. The molecule has 0 amide bonds. The van der Waals surface area contributed by atoms with Gasteiger partial charge in [-0.1, -0.05) is 46.8 Å². The van der Waals surface area contributed by atoms with Crippen LogP contribution < -0.4 is 0 Å². The second-order valence-corrected chi connectivity index (χ2v) is 12.6. The fourth-order valence-corrected chi connectivity index (χ4v) is 8.21. The quantitative estimate of drug-likeness (QED) is 0.468. The topological polar surface area (TPSA) is 98.0 Å². The van der Waals surface area contributed by atoms with E-state index in [1.54, 1.807) is 6.08 Å². The molecule has 0 bridgehead atoms. The van der Waals surface area contributed by atoms with Crippen LogP contribution in [0.15, 0.2) is 23.8 Å². The Morgan fingerprint density at radius 2 is 1.79 bits per heavy atom. The fraction of sp³-hybridized carbons (Fsp3) is 0.821. The van der Waals surface area contributed by atoms with Crippen molar-refractivity contribution in [3.05, 3.63) is 23.8 Å². The normalized spacial score (nSPS) is 46.8.